The van der Waals surface area contributed by atoms with Gasteiger partial charge in [0.05, 0.1) is 17.1 Å². The summed E-state index contributed by atoms with van der Waals surface area (Å²) in [6, 6.07) is 2.32. The van der Waals surface area contributed by atoms with Crippen LogP contribution in [0.15, 0.2) is 0 Å². The molecule has 0 aliphatic carbocycles. The van der Waals surface area contributed by atoms with E-state index in [4.69, 9.17) is 0 Å². The molecule has 0 aromatic carbocycles. The van der Waals surface area contributed by atoms with Crippen LogP contribution < -0.4 is 0 Å². The fourth-order valence-corrected chi connectivity index (χ4v) is 2.53. The van der Waals surface area contributed by atoms with Crippen molar-refractivity contribution in [2.75, 3.05) is 19.6 Å². The summed E-state index contributed by atoms with van der Waals surface area (Å²) < 4.78 is 0. The summed E-state index contributed by atoms with van der Waals surface area (Å²) in [6.07, 6.45) is 3.32. The van der Waals surface area contributed by atoms with E-state index in [2.05, 4.69) is 17.9 Å². The van der Waals surface area contributed by atoms with Gasteiger partial charge in [0.25, 0.3) is 0 Å². The van der Waals surface area contributed by atoms with Crippen molar-refractivity contribution in [3.63, 3.8) is 0 Å². The Hall–Kier alpha value is -0.590. The lowest BCUT2D eigenvalue weighted by atomic mass is 9.67. The lowest BCUT2D eigenvalue weighted by Gasteiger charge is -2.45. The fraction of sp³-hybridized carbons (Fsp3) is 0.923. The van der Waals surface area contributed by atoms with Crippen LogP contribution in [-0.2, 0) is 0 Å². The zero-order valence-corrected chi connectivity index (χ0v) is 10.8. The van der Waals surface area contributed by atoms with Gasteiger partial charge in [0, 0.05) is 13.1 Å². The maximum atomic E-state index is 10.6. The molecule has 3 nitrogen and oxygen atoms in total. The molecule has 0 radical (unpaired) electrons. The van der Waals surface area contributed by atoms with E-state index in [-0.39, 0.29) is 0 Å². The number of hydrogen-bond donors (Lipinski definition) is 1. The summed E-state index contributed by atoms with van der Waals surface area (Å²) >= 11 is 0. The maximum absolute atomic E-state index is 10.6. The van der Waals surface area contributed by atoms with Gasteiger partial charge in [-0.1, -0.05) is 13.8 Å². The molecule has 0 bridgehead atoms. The maximum Gasteiger partial charge on any atom is 0.0854 e. The molecule has 0 amide bonds. The first kappa shape index (κ1) is 13.5. The van der Waals surface area contributed by atoms with E-state index >= 15 is 0 Å². The zero-order valence-electron chi connectivity index (χ0n) is 10.8. The van der Waals surface area contributed by atoms with E-state index in [1.807, 2.05) is 13.8 Å². The second-order valence-electron chi connectivity index (χ2n) is 5.17. The fourth-order valence-electron chi connectivity index (χ4n) is 2.53. The van der Waals surface area contributed by atoms with E-state index in [0.29, 0.717) is 6.42 Å². The number of nitriles is 1. The summed E-state index contributed by atoms with van der Waals surface area (Å²) in [5.41, 5.74) is -1.38. The predicted molar refractivity (Wildman–Crippen MR) is 64.9 cm³/mol. The molecule has 3 heteroatoms. The molecule has 1 aliphatic heterocycles. The van der Waals surface area contributed by atoms with Crippen LogP contribution in [0.5, 0.6) is 0 Å². The monoisotopic (exact) mass is 224 g/mol. The van der Waals surface area contributed by atoms with Crippen molar-refractivity contribution in [1.82, 2.24) is 4.90 Å². The number of rotatable bonds is 4. The smallest absolute Gasteiger partial charge is 0.0854 e. The molecule has 1 atom stereocenters. The number of nitrogens with zero attached hydrogens (tertiary/aromatic N) is 2. The molecule has 1 rings (SSSR count). The summed E-state index contributed by atoms with van der Waals surface area (Å²) in [4.78, 5) is 2.38. The molecule has 0 aromatic rings. The Morgan fingerprint density at radius 2 is 1.94 bits per heavy atom. The molecular weight excluding hydrogens is 200 g/mol. The average Bonchev–Trinajstić information content (AvgIpc) is 2.31. The van der Waals surface area contributed by atoms with E-state index in [1.165, 1.54) is 0 Å². The standard InChI is InChI=1S/C13H24N2O/c1-4-8-15-9-6-13(16,7-10-15)12(3,5-2)11-14/h16H,4-10H2,1-3H3. The molecule has 92 valence electrons. The van der Waals surface area contributed by atoms with Crippen LogP contribution in [0.2, 0.25) is 0 Å². The number of aliphatic hydroxyl groups is 1. The average molecular weight is 224 g/mol. The zero-order chi connectivity index (χ0) is 12.2. The third-order valence-corrected chi connectivity index (χ3v) is 4.20. The summed E-state index contributed by atoms with van der Waals surface area (Å²) in [7, 11) is 0. The van der Waals surface area contributed by atoms with Crippen molar-refractivity contribution < 1.29 is 5.11 Å². The normalized spacial score (nSPS) is 24.7. The van der Waals surface area contributed by atoms with E-state index in [1.54, 1.807) is 0 Å². The van der Waals surface area contributed by atoms with Crippen molar-refractivity contribution in [2.24, 2.45) is 5.41 Å². The highest BCUT2D eigenvalue weighted by Gasteiger charge is 2.47. The van der Waals surface area contributed by atoms with Crippen LogP contribution in [0, 0.1) is 16.7 Å². The highest BCUT2D eigenvalue weighted by molar-refractivity contribution is 5.10. The Morgan fingerprint density at radius 1 is 1.38 bits per heavy atom. The Labute approximate surface area is 99.1 Å². The molecular formula is C13H24N2O. The number of piperidine rings is 1. The molecule has 1 heterocycles. The van der Waals surface area contributed by atoms with Crippen molar-refractivity contribution in [3.05, 3.63) is 0 Å². The first-order valence-corrected chi connectivity index (χ1v) is 6.37. The van der Waals surface area contributed by atoms with Gasteiger partial charge < -0.3 is 10.0 Å². The molecule has 1 aliphatic rings. The molecule has 1 unspecified atom stereocenters. The minimum absolute atomic E-state index is 0.592. The molecule has 1 saturated heterocycles. The van der Waals surface area contributed by atoms with Crippen LogP contribution in [0.25, 0.3) is 0 Å². The molecule has 0 saturated carbocycles. The third-order valence-electron chi connectivity index (χ3n) is 4.20. The first-order valence-electron chi connectivity index (χ1n) is 6.37. The highest BCUT2D eigenvalue weighted by Crippen LogP contribution is 2.41. The van der Waals surface area contributed by atoms with Gasteiger partial charge >= 0.3 is 0 Å². The van der Waals surface area contributed by atoms with Gasteiger partial charge in [-0.05, 0) is 39.2 Å². The SMILES string of the molecule is CCCN1CCC(O)(C(C)(C#N)CC)CC1. The third kappa shape index (κ3) is 2.39. The topological polar surface area (TPSA) is 47.3 Å². The summed E-state index contributed by atoms with van der Waals surface area (Å²) in [5.74, 6) is 0. The molecule has 0 aromatic heterocycles. The Bertz CT molecular complexity index is 264. The lowest BCUT2D eigenvalue weighted by Crippen LogP contribution is -2.53. The Kier molecular flexibility index (Phi) is 4.35. The van der Waals surface area contributed by atoms with Gasteiger partial charge in [-0.25, -0.2) is 0 Å². The summed E-state index contributed by atoms with van der Waals surface area (Å²) in [6.45, 7) is 8.99. The largest absolute Gasteiger partial charge is 0.388 e. The quantitative estimate of drug-likeness (QED) is 0.796. The van der Waals surface area contributed by atoms with Crippen LogP contribution in [-0.4, -0.2) is 35.2 Å². The van der Waals surface area contributed by atoms with Gasteiger partial charge in [-0.3, -0.25) is 0 Å². The van der Waals surface area contributed by atoms with Gasteiger partial charge in [-0.15, -0.1) is 0 Å². The van der Waals surface area contributed by atoms with E-state index in [9.17, 15) is 10.4 Å². The molecule has 16 heavy (non-hydrogen) atoms. The Balaban J connectivity index is 2.66. The van der Waals surface area contributed by atoms with Crippen molar-refractivity contribution in [2.45, 2.75) is 52.1 Å². The predicted octanol–water partition coefficient (Wildman–Crippen LogP) is 2.16. The van der Waals surface area contributed by atoms with Gasteiger partial charge in [0.15, 0.2) is 0 Å². The first-order chi connectivity index (χ1) is 7.51. The molecule has 0 spiro atoms. The second kappa shape index (κ2) is 5.16. The van der Waals surface area contributed by atoms with Crippen LogP contribution >= 0.6 is 0 Å². The number of likely N-dealkylation sites (tertiary alicyclic amines) is 1. The minimum Gasteiger partial charge on any atom is -0.388 e. The van der Waals surface area contributed by atoms with Crippen LogP contribution in [0.3, 0.4) is 0 Å². The second-order valence-corrected chi connectivity index (χ2v) is 5.17. The number of hydrogen-bond acceptors (Lipinski definition) is 3. The summed E-state index contributed by atoms with van der Waals surface area (Å²) in [5, 5.41) is 19.9. The van der Waals surface area contributed by atoms with E-state index < -0.39 is 11.0 Å². The van der Waals surface area contributed by atoms with Crippen LogP contribution in [0.1, 0.15) is 46.5 Å². The highest BCUT2D eigenvalue weighted by atomic mass is 16.3. The molecule has 1 N–H and O–H groups in total. The van der Waals surface area contributed by atoms with Crippen molar-refractivity contribution in [3.8, 4) is 6.07 Å². The van der Waals surface area contributed by atoms with Crippen molar-refractivity contribution >= 4 is 0 Å². The van der Waals surface area contributed by atoms with Gasteiger partial charge in [0.1, 0.15) is 0 Å². The van der Waals surface area contributed by atoms with Gasteiger partial charge in [-0.2, -0.15) is 5.26 Å². The van der Waals surface area contributed by atoms with Crippen LogP contribution in [0.4, 0.5) is 0 Å². The lowest BCUT2D eigenvalue weighted by molar-refractivity contribution is -0.0915. The van der Waals surface area contributed by atoms with Crippen molar-refractivity contribution in [1.29, 1.82) is 5.26 Å². The van der Waals surface area contributed by atoms with Gasteiger partial charge in [0.2, 0.25) is 0 Å². The van der Waals surface area contributed by atoms with E-state index in [0.717, 1.165) is 38.9 Å². The molecule has 1 fully saturated rings. The minimum atomic E-state index is -0.791. The Morgan fingerprint density at radius 3 is 2.31 bits per heavy atom.